The highest BCUT2D eigenvalue weighted by atomic mass is 32.1. The molecule has 1 heterocycles. The molecule has 1 aliphatic carbocycles. The molecular weight excluding hydrogens is 406 g/mol. The van der Waals surface area contributed by atoms with Gasteiger partial charge in [-0.15, -0.1) is 11.3 Å². The molecule has 1 unspecified atom stereocenters. The number of nitrogens with one attached hydrogen (secondary N) is 3. The van der Waals surface area contributed by atoms with Crippen molar-refractivity contribution in [3.05, 3.63) is 88.1 Å². The van der Waals surface area contributed by atoms with Crippen molar-refractivity contribution in [1.82, 2.24) is 10.6 Å². The van der Waals surface area contributed by atoms with Crippen LogP contribution in [0.3, 0.4) is 0 Å². The minimum atomic E-state index is -0.182. The first-order chi connectivity index (χ1) is 15.2. The quantitative estimate of drug-likeness (QED) is 0.481. The maximum absolute atomic E-state index is 12.7. The Balaban J connectivity index is 1.41. The molecule has 3 aromatic rings. The Labute approximate surface area is 186 Å². The number of rotatable bonds is 8. The van der Waals surface area contributed by atoms with E-state index in [2.05, 4.69) is 34.1 Å². The first-order valence-corrected chi connectivity index (χ1v) is 11.6. The third kappa shape index (κ3) is 5.60. The third-order valence-corrected chi connectivity index (χ3v) is 6.50. The van der Waals surface area contributed by atoms with Gasteiger partial charge in [0.15, 0.2) is 0 Å². The molecule has 1 fully saturated rings. The molecule has 1 aliphatic rings. The molecule has 4 rings (SSSR count). The first kappa shape index (κ1) is 21.3. The van der Waals surface area contributed by atoms with Crippen LogP contribution in [0.5, 0.6) is 0 Å². The van der Waals surface area contributed by atoms with Gasteiger partial charge in [0.05, 0.1) is 23.8 Å². The Morgan fingerprint density at radius 3 is 2.42 bits per heavy atom. The van der Waals surface area contributed by atoms with Gasteiger partial charge in [-0.2, -0.15) is 0 Å². The molecule has 2 aromatic carbocycles. The van der Waals surface area contributed by atoms with Crippen molar-refractivity contribution in [3.8, 4) is 0 Å². The zero-order valence-corrected chi connectivity index (χ0v) is 18.2. The van der Waals surface area contributed by atoms with Gasteiger partial charge in [0.1, 0.15) is 0 Å². The van der Waals surface area contributed by atoms with Crippen LogP contribution in [0.25, 0.3) is 0 Å². The van der Waals surface area contributed by atoms with Gasteiger partial charge >= 0.3 is 0 Å². The van der Waals surface area contributed by atoms with Crippen molar-refractivity contribution >= 4 is 28.8 Å². The number of carbonyl (C=O) groups is 2. The Kier molecular flexibility index (Phi) is 7.12. The molecule has 2 amide bonds. The lowest BCUT2D eigenvalue weighted by molar-refractivity contribution is -0.115. The molecule has 0 radical (unpaired) electrons. The molecule has 3 N–H and O–H groups in total. The van der Waals surface area contributed by atoms with Crippen LogP contribution < -0.4 is 16.0 Å². The van der Waals surface area contributed by atoms with Gasteiger partial charge in [0.25, 0.3) is 5.91 Å². The Bertz CT molecular complexity index is 999. The van der Waals surface area contributed by atoms with Gasteiger partial charge < -0.3 is 10.6 Å². The van der Waals surface area contributed by atoms with Crippen molar-refractivity contribution < 1.29 is 9.59 Å². The normalized spacial score (nSPS) is 14.8. The second-order valence-electron chi connectivity index (χ2n) is 7.79. The van der Waals surface area contributed by atoms with Crippen LogP contribution in [-0.4, -0.2) is 24.4 Å². The first-order valence-electron chi connectivity index (χ1n) is 10.7. The molecule has 1 atom stereocenters. The Morgan fingerprint density at radius 2 is 1.68 bits per heavy atom. The van der Waals surface area contributed by atoms with Crippen LogP contribution in [-0.2, 0) is 4.79 Å². The van der Waals surface area contributed by atoms with E-state index in [9.17, 15) is 9.59 Å². The largest absolute Gasteiger partial charge is 0.349 e. The van der Waals surface area contributed by atoms with Gasteiger partial charge in [0.2, 0.25) is 5.91 Å². The summed E-state index contributed by atoms with van der Waals surface area (Å²) in [5.74, 6) is -0.310. The summed E-state index contributed by atoms with van der Waals surface area (Å²) in [6.07, 6.45) is 4.35. The van der Waals surface area contributed by atoms with Crippen molar-refractivity contribution in [1.29, 1.82) is 0 Å². The SMILES string of the molecule is O=C(CNC(c1ccccc1)c1cccs1)Nc1ccccc1C(=O)NC1CCCC1. The summed E-state index contributed by atoms with van der Waals surface area (Å²) in [5.41, 5.74) is 2.15. The van der Waals surface area contributed by atoms with E-state index < -0.39 is 0 Å². The average molecular weight is 434 g/mol. The maximum atomic E-state index is 12.7. The number of benzene rings is 2. The van der Waals surface area contributed by atoms with Crippen LogP contribution >= 0.6 is 11.3 Å². The summed E-state index contributed by atoms with van der Waals surface area (Å²) < 4.78 is 0. The van der Waals surface area contributed by atoms with Crippen LogP contribution in [0, 0.1) is 0 Å². The minimum absolute atomic E-state index is 0.0622. The summed E-state index contributed by atoms with van der Waals surface area (Å²) in [6.45, 7) is 0.135. The summed E-state index contributed by atoms with van der Waals surface area (Å²) in [7, 11) is 0. The number of carbonyl (C=O) groups excluding carboxylic acids is 2. The second-order valence-corrected chi connectivity index (χ2v) is 8.77. The van der Waals surface area contributed by atoms with Crippen molar-refractivity contribution in [2.24, 2.45) is 0 Å². The summed E-state index contributed by atoms with van der Waals surface area (Å²) in [6, 6.07) is 21.5. The zero-order valence-electron chi connectivity index (χ0n) is 17.3. The number of amides is 2. The van der Waals surface area contributed by atoms with E-state index >= 15 is 0 Å². The van der Waals surface area contributed by atoms with Gasteiger partial charge in [-0.05, 0) is 42.0 Å². The summed E-state index contributed by atoms with van der Waals surface area (Å²) in [4.78, 5) is 26.6. The fourth-order valence-electron chi connectivity index (χ4n) is 4.00. The number of thiophene rings is 1. The highest BCUT2D eigenvalue weighted by molar-refractivity contribution is 7.10. The monoisotopic (exact) mass is 433 g/mol. The number of anilines is 1. The van der Waals surface area contributed by atoms with E-state index in [-0.39, 0.29) is 30.4 Å². The maximum Gasteiger partial charge on any atom is 0.253 e. The molecule has 6 heteroatoms. The predicted octanol–water partition coefficient (Wildman–Crippen LogP) is 4.74. The predicted molar refractivity (Wildman–Crippen MR) is 125 cm³/mol. The number of hydrogen-bond donors (Lipinski definition) is 3. The summed E-state index contributed by atoms with van der Waals surface area (Å²) >= 11 is 1.66. The molecule has 0 spiro atoms. The lowest BCUT2D eigenvalue weighted by Crippen LogP contribution is -2.34. The lowest BCUT2D eigenvalue weighted by Gasteiger charge is -2.19. The van der Waals surface area contributed by atoms with Crippen LogP contribution in [0.15, 0.2) is 72.1 Å². The number of hydrogen-bond acceptors (Lipinski definition) is 4. The second kappa shape index (κ2) is 10.4. The van der Waals surface area contributed by atoms with Crippen molar-refractivity contribution in [3.63, 3.8) is 0 Å². The van der Waals surface area contributed by atoms with E-state index in [0.717, 1.165) is 36.1 Å². The van der Waals surface area contributed by atoms with E-state index in [1.165, 1.54) is 0 Å². The standard InChI is InChI=1S/C25H27N3O2S/c29-23(17-26-24(22-15-8-16-31-22)18-9-2-1-3-10-18)28-21-14-7-6-13-20(21)25(30)27-19-11-4-5-12-19/h1-3,6-10,13-16,19,24,26H,4-5,11-12,17H2,(H,27,30)(H,28,29). The van der Waals surface area contributed by atoms with E-state index in [4.69, 9.17) is 0 Å². The van der Waals surface area contributed by atoms with E-state index in [1.807, 2.05) is 41.8 Å². The minimum Gasteiger partial charge on any atom is -0.349 e. The topological polar surface area (TPSA) is 70.2 Å². The average Bonchev–Trinajstić information content (AvgIpc) is 3.50. The summed E-state index contributed by atoms with van der Waals surface area (Å²) in [5, 5.41) is 11.4. The van der Waals surface area contributed by atoms with Gasteiger partial charge in [-0.25, -0.2) is 0 Å². The van der Waals surface area contributed by atoms with Gasteiger partial charge in [-0.3, -0.25) is 14.9 Å². The van der Waals surface area contributed by atoms with E-state index in [1.54, 1.807) is 23.5 Å². The van der Waals surface area contributed by atoms with Crippen LogP contribution in [0.2, 0.25) is 0 Å². The fourth-order valence-corrected chi connectivity index (χ4v) is 4.82. The smallest absolute Gasteiger partial charge is 0.253 e. The molecule has 0 saturated heterocycles. The Morgan fingerprint density at radius 1 is 0.935 bits per heavy atom. The van der Waals surface area contributed by atoms with Crippen LogP contribution in [0.4, 0.5) is 5.69 Å². The molecule has 160 valence electrons. The highest BCUT2D eigenvalue weighted by Crippen LogP contribution is 2.26. The Hall–Kier alpha value is -2.96. The van der Waals surface area contributed by atoms with Gasteiger partial charge in [-0.1, -0.05) is 61.4 Å². The third-order valence-electron chi connectivity index (χ3n) is 5.56. The van der Waals surface area contributed by atoms with Crippen LogP contribution in [0.1, 0.15) is 52.5 Å². The molecule has 1 saturated carbocycles. The molecule has 0 bridgehead atoms. The van der Waals surface area contributed by atoms with Gasteiger partial charge in [0, 0.05) is 10.9 Å². The molecule has 31 heavy (non-hydrogen) atoms. The fraction of sp³-hybridized carbons (Fsp3) is 0.280. The van der Waals surface area contributed by atoms with Crippen molar-refractivity contribution in [2.75, 3.05) is 11.9 Å². The molecule has 0 aliphatic heterocycles. The number of para-hydroxylation sites is 1. The molecular formula is C25H27N3O2S. The highest BCUT2D eigenvalue weighted by Gasteiger charge is 2.21. The van der Waals surface area contributed by atoms with E-state index in [0.29, 0.717) is 11.3 Å². The molecule has 1 aromatic heterocycles. The zero-order chi connectivity index (χ0) is 21.5. The molecule has 5 nitrogen and oxygen atoms in total. The lowest BCUT2D eigenvalue weighted by atomic mass is 10.1. The van der Waals surface area contributed by atoms with Crippen molar-refractivity contribution in [2.45, 2.75) is 37.8 Å².